The van der Waals surface area contributed by atoms with E-state index in [1.165, 1.54) is 7.11 Å². The van der Waals surface area contributed by atoms with E-state index < -0.39 is 5.60 Å². The van der Waals surface area contributed by atoms with Crippen LogP contribution in [0.3, 0.4) is 0 Å². The molecule has 0 bridgehead atoms. The third-order valence-corrected chi connectivity index (χ3v) is 3.10. The van der Waals surface area contributed by atoms with Crippen LogP contribution in [0.1, 0.15) is 33.6 Å². The van der Waals surface area contributed by atoms with Crippen molar-refractivity contribution in [3.05, 3.63) is 0 Å². The summed E-state index contributed by atoms with van der Waals surface area (Å²) in [6, 6.07) is 0. The fraction of sp³-hybridized carbons (Fsp3) is 0.857. The van der Waals surface area contributed by atoms with Gasteiger partial charge < -0.3 is 19.7 Å². The maximum absolute atomic E-state index is 12.0. The summed E-state index contributed by atoms with van der Waals surface area (Å²) in [5.41, 5.74) is -0.465. The minimum absolute atomic E-state index is 0.208. The molecule has 0 spiro atoms. The van der Waals surface area contributed by atoms with Crippen molar-refractivity contribution in [1.82, 2.24) is 10.2 Å². The van der Waals surface area contributed by atoms with Gasteiger partial charge in [0.25, 0.3) is 0 Å². The lowest BCUT2D eigenvalue weighted by molar-refractivity contribution is -0.139. The van der Waals surface area contributed by atoms with Gasteiger partial charge in [0, 0.05) is 19.6 Å². The molecular formula is C14H26N2O4. The van der Waals surface area contributed by atoms with Crippen LogP contribution in [0.15, 0.2) is 0 Å². The average molecular weight is 286 g/mol. The molecule has 6 heteroatoms. The molecular weight excluding hydrogens is 260 g/mol. The van der Waals surface area contributed by atoms with E-state index >= 15 is 0 Å². The predicted octanol–water partition coefficient (Wildman–Crippen LogP) is 1.40. The molecule has 0 radical (unpaired) electrons. The van der Waals surface area contributed by atoms with E-state index in [1.807, 2.05) is 20.8 Å². The Bertz CT molecular complexity index is 339. The Labute approximate surface area is 120 Å². The number of likely N-dealkylation sites (tertiary alicyclic amines) is 1. The van der Waals surface area contributed by atoms with E-state index in [1.54, 1.807) is 4.90 Å². The maximum atomic E-state index is 12.0. The molecule has 0 aromatic heterocycles. The average Bonchev–Trinajstić information content (AvgIpc) is 2.37. The number of hydrogen-bond acceptors (Lipinski definition) is 5. The number of hydrogen-bond donors (Lipinski definition) is 1. The van der Waals surface area contributed by atoms with Gasteiger partial charge in [-0.25, -0.2) is 4.79 Å². The number of methoxy groups -OCH3 is 1. The van der Waals surface area contributed by atoms with Crippen molar-refractivity contribution in [2.75, 3.05) is 33.3 Å². The molecule has 116 valence electrons. The first-order valence-corrected chi connectivity index (χ1v) is 7.07. The minimum atomic E-state index is -0.465. The highest BCUT2D eigenvalue weighted by Gasteiger charge is 2.27. The molecule has 0 aromatic carbocycles. The molecule has 1 rings (SSSR count). The fourth-order valence-corrected chi connectivity index (χ4v) is 2.17. The quantitative estimate of drug-likeness (QED) is 0.791. The molecule has 0 aliphatic carbocycles. The Morgan fingerprint density at radius 2 is 2.05 bits per heavy atom. The zero-order valence-corrected chi connectivity index (χ0v) is 12.9. The van der Waals surface area contributed by atoms with E-state index in [4.69, 9.17) is 4.74 Å². The van der Waals surface area contributed by atoms with Crippen molar-refractivity contribution in [3.8, 4) is 0 Å². The Hall–Kier alpha value is -1.30. The van der Waals surface area contributed by atoms with Gasteiger partial charge in [0.1, 0.15) is 5.60 Å². The normalized spacial score (nSPS) is 19.6. The number of carbonyl (C=O) groups is 2. The second-order valence-corrected chi connectivity index (χ2v) is 6.14. The Kier molecular flexibility index (Phi) is 6.26. The monoisotopic (exact) mass is 286 g/mol. The second-order valence-electron chi connectivity index (χ2n) is 6.14. The minimum Gasteiger partial charge on any atom is -0.468 e. The van der Waals surface area contributed by atoms with Crippen LogP contribution in [0, 0.1) is 5.92 Å². The van der Waals surface area contributed by atoms with Crippen molar-refractivity contribution in [3.63, 3.8) is 0 Å². The molecule has 1 N–H and O–H groups in total. The molecule has 1 amide bonds. The van der Waals surface area contributed by atoms with Crippen molar-refractivity contribution >= 4 is 12.1 Å². The highest BCUT2D eigenvalue weighted by molar-refractivity contribution is 5.71. The van der Waals surface area contributed by atoms with Crippen LogP contribution in [-0.4, -0.2) is 55.9 Å². The lowest BCUT2D eigenvalue weighted by atomic mass is 9.98. The number of rotatable bonds is 4. The smallest absolute Gasteiger partial charge is 0.410 e. The third kappa shape index (κ3) is 6.23. The molecule has 1 unspecified atom stereocenters. The van der Waals surface area contributed by atoms with Crippen LogP contribution in [0.2, 0.25) is 0 Å². The van der Waals surface area contributed by atoms with Gasteiger partial charge in [-0.05, 0) is 39.5 Å². The largest absolute Gasteiger partial charge is 0.468 e. The van der Waals surface area contributed by atoms with Gasteiger partial charge in [-0.15, -0.1) is 0 Å². The third-order valence-electron chi connectivity index (χ3n) is 3.10. The first-order valence-electron chi connectivity index (χ1n) is 7.07. The number of esters is 1. The predicted molar refractivity (Wildman–Crippen MR) is 75.4 cm³/mol. The highest BCUT2D eigenvalue weighted by atomic mass is 16.6. The summed E-state index contributed by atoms with van der Waals surface area (Å²) in [5, 5.41) is 3.06. The summed E-state index contributed by atoms with van der Waals surface area (Å²) in [7, 11) is 1.37. The molecule has 20 heavy (non-hydrogen) atoms. The van der Waals surface area contributed by atoms with Crippen LogP contribution >= 0.6 is 0 Å². The summed E-state index contributed by atoms with van der Waals surface area (Å²) >= 11 is 0. The van der Waals surface area contributed by atoms with Gasteiger partial charge in [-0.3, -0.25) is 4.79 Å². The van der Waals surface area contributed by atoms with Crippen molar-refractivity contribution in [1.29, 1.82) is 0 Å². The number of carbonyl (C=O) groups excluding carboxylic acids is 2. The molecule has 1 aliphatic rings. The van der Waals surface area contributed by atoms with Crippen LogP contribution in [-0.2, 0) is 14.3 Å². The number of nitrogens with zero attached hydrogens (tertiary/aromatic N) is 1. The van der Waals surface area contributed by atoms with Gasteiger partial charge in [-0.2, -0.15) is 0 Å². The summed E-state index contributed by atoms with van der Waals surface area (Å²) in [6.07, 6.45) is 1.76. The molecule has 0 saturated carbocycles. The van der Waals surface area contributed by atoms with Gasteiger partial charge in [0.15, 0.2) is 0 Å². The molecule has 1 aliphatic heterocycles. The standard InChI is InChI=1S/C14H26N2O4/c1-14(2,3)20-13(18)16-7-5-6-11(10-16)8-15-9-12(17)19-4/h11,15H,5-10H2,1-4H3. The zero-order chi connectivity index (χ0) is 15.2. The first-order chi connectivity index (χ1) is 9.31. The Morgan fingerprint density at radius 3 is 2.65 bits per heavy atom. The van der Waals surface area contributed by atoms with Gasteiger partial charge >= 0.3 is 12.1 Å². The second kappa shape index (κ2) is 7.47. The van der Waals surface area contributed by atoms with Gasteiger partial charge in [0.2, 0.25) is 0 Å². The summed E-state index contributed by atoms with van der Waals surface area (Å²) < 4.78 is 9.95. The molecule has 1 atom stereocenters. The lowest BCUT2D eigenvalue weighted by Crippen LogP contribution is -2.45. The van der Waals surface area contributed by atoms with Gasteiger partial charge in [0.05, 0.1) is 13.7 Å². The molecule has 0 aromatic rings. The van der Waals surface area contributed by atoms with Crippen molar-refractivity contribution < 1.29 is 19.1 Å². The van der Waals surface area contributed by atoms with Crippen LogP contribution in [0.4, 0.5) is 4.79 Å². The molecule has 1 fully saturated rings. The van der Waals surface area contributed by atoms with E-state index in [0.29, 0.717) is 19.0 Å². The van der Waals surface area contributed by atoms with Crippen molar-refractivity contribution in [2.24, 2.45) is 5.92 Å². The first kappa shape index (κ1) is 16.8. The Balaban J connectivity index is 2.35. The van der Waals surface area contributed by atoms with E-state index in [9.17, 15) is 9.59 Å². The zero-order valence-electron chi connectivity index (χ0n) is 12.9. The summed E-state index contributed by atoms with van der Waals surface area (Å²) in [6.45, 7) is 7.91. The van der Waals surface area contributed by atoms with E-state index in [0.717, 1.165) is 19.4 Å². The lowest BCUT2D eigenvalue weighted by Gasteiger charge is -2.34. The number of nitrogens with one attached hydrogen (secondary N) is 1. The maximum Gasteiger partial charge on any atom is 0.410 e. The number of piperidine rings is 1. The van der Waals surface area contributed by atoms with E-state index in [-0.39, 0.29) is 18.6 Å². The summed E-state index contributed by atoms with van der Waals surface area (Å²) in [5.74, 6) is 0.0748. The van der Waals surface area contributed by atoms with Crippen LogP contribution < -0.4 is 5.32 Å². The van der Waals surface area contributed by atoms with Crippen LogP contribution in [0.5, 0.6) is 0 Å². The fourth-order valence-electron chi connectivity index (χ4n) is 2.17. The number of amides is 1. The highest BCUT2D eigenvalue weighted by Crippen LogP contribution is 2.18. The van der Waals surface area contributed by atoms with E-state index in [2.05, 4.69) is 10.1 Å². The SMILES string of the molecule is COC(=O)CNCC1CCCN(C(=O)OC(C)(C)C)C1. The molecule has 1 saturated heterocycles. The Morgan fingerprint density at radius 1 is 1.35 bits per heavy atom. The number of ether oxygens (including phenoxy) is 2. The van der Waals surface area contributed by atoms with Gasteiger partial charge in [-0.1, -0.05) is 0 Å². The topological polar surface area (TPSA) is 67.9 Å². The van der Waals surface area contributed by atoms with Crippen molar-refractivity contribution in [2.45, 2.75) is 39.2 Å². The molecule has 1 heterocycles. The summed E-state index contributed by atoms with van der Waals surface area (Å²) in [4.78, 5) is 24.8. The molecule has 6 nitrogen and oxygen atoms in total. The van der Waals surface area contributed by atoms with Crippen LogP contribution in [0.25, 0.3) is 0 Å².